The van der Waals surface area contributed by atoms with Gasteiger partial charge >= 0.3 is 12.1 Å². The predicted octanol–water partition coefficient (Wildman–Crippen LogP) is 5.32. The highest BCUT2D eigenvalue weighted by atomic mass is 19.4. The highest BCUT2D eigenvalue weighted by Crippen LogP contribution is 2.48. The minimum atomic E-state index is -4.76. The number of halogens is 6. The van der Waals surface area contributed by atoms with E-state index in [-0.39, 0.29) is 34.8 Å². The summed E-state index contributed by atoms with van der Waals surface area (Å²) in [5.41, 5.74) is -4.89. The van der Waals surface area contributed by atoms with Gasteiger partial charge in [-0.05, 0) is 60.8 Å². The van der Waals surface area contributed by atoms with Gasteiger partial charge in [-0.2, -0.15) is 27.2 Å². The first-order chi connectivity index (χ1) is 18.7. The predicted molar refractivity (Wildman–Crippen MR) is 131 cm³/mol. The molecule has 13 heteroatoms. The van der Waals surface area contributed by atoms with Crippen LogP contribution < -0.4 is 4.90 Å². The molecule has 1 amide bonds. The molecule has 2 atom stereocenters. The number of aromatic nitrogens is 3. The summed E-state index contributed by atoms with van der Waals surface area (Å²) in [6.45, 7) is 1.31. The lowest BCUT2D eigenvalue weighted by molar-refractivity contribution is -0.149. The number of carbonyl (C=O) groups excluding carboxylic acids is 1. The van der Waals surface area contributed by atoms with Gasteiger partial charge in [0.25, 0.3) is 5.91 Å². The van der Waals surface area contributed by atoms with Crippen molar-refractivity contribution in [3.05, 3.63) is 76.4 Å². The number of alkyl halides is 6. The maximum absolute atomic E-state index is 15.8. The van der Waals surface area contributed by atoms with Gasteiger partial charge in [-0.25, -0.2) is 4.39 Å². The highest BCUT2D eigenvalue weighted by Gasteiger charge is 2.57. The summed E-state index contributed by atoms with van der Waals surface area (Å²) >= 11 is 0. The third kappa shape index (κ3) is 4.60. The molecule has 1 aromatic heterocycles. The first-order valence-electron chi connectivity index (χ1n) is 12.4. The summed E-state index contributed by atoms with van der Waals surface area (Å²) in [5, 5.41) is 15.9. The Hall–Kier alpha value is -3.92. The Kier molecular flexibility index (Phi) is 6.65. The molecule has 2 aliphatic rings. The molecule has 3 aromatic rings. The molecule has 1 fully saturated rings. The molecule has 0 spiro atoms. The van der Waals surface area contributed by atoms with Gasteiger partial charge in [0, 0.05) is 31.4 Å². The number of benzene rings is 2. The summed E-state index contributed by atoms with van der Waals surface area (Å²) in [4.78, 5) is 16.3. The Bertz CT molecular complexity index is 1510. The van der Waals surface area contributed by atoms with Crippen LogP contribution in [0, 0.1) is 17.2 Å². The molecule has 3 heterocycles. The standard InChI is InChI=1S/C27H24F6N6O/c1-25(28,26(29,30)24-36-35-15-37(24)2)18-4-3-5-19(10-18)39-14-21-20(23(39)40)8-17(9-22(21)27(31,32)33)13-38-7-6-16(11-34)12-38/h3-5,8-10,15-16H,6-7,12-14H2,1-2H3/t16-,25?/m1/s1. The van der Waals surface area contributed by atoms with E-state index in [1.54, 1.807) is 0 Å². The van der Waals surface area contributed by atoms with Crippen molar-refractivity contribution in [1.82, 2.24) is 19.7 Å². The molecule has 2 aromatic carbocycles. The minimum absolute atomic E-state index is 0.0255. The highest BCUT2D eigenvalue weighted by molar-refractivity contribution is 6.10. The van der Waals surface area contributed by atoms with Gasteiger partial charge < -0.3 is 9.47 Å². The summed E-state index contributed by atoms with van der Waals surface area (Å²) < 4.78 is 89.4. The van der Waals surface area contributed by atoms with Crippen LogP contribution in [-0.4, -0.2) is 38.7 Å². The second kappa shape index (κ2) is 9.62. The van der Waals surface area contributed by atoms with E-state index in [4.69, 9.17) is 5.26 Å². The first-order valence-corrected chi connectivity index (χ1v) is 12.4. The van der Waals surface area contributed by atoms with Crippen molar-refractivity contribution >= 4 is 11.6 Å². The largest absolute Gasteiger partial charge is 0.416 e. The SMILES string of the molecule is Cn1cnnc1C(F)(F)C(C)(F)c1cccc(N2Cc3c(cc(CN4CC[C@H](C#N)C4)cc3C(F)(F)F)C2=O)c1. The molecule has 210 valence electrons. The van der Waals surface area contributed by atoms with Crippen LogP contribution in [0.4, 0.5) is 32.0 Å². The average Bonchev–Trinajstić information content (AvgIpc) is 3.62. The second-order valence-electron chi connectivity index (χ2n) is 10.3. The van der Waals surface area contributed by atoms with Crippen molar-refractivity contribution in [3.63, 3.8) is 0 Å². The first kappa shape index (κ1) is 27.6. The van der Waals surface area contributed by atoms with Gasteiger partial charge in [-0.15, -0.1) is 10.2 Å². The van der Waals surface area contributed by atoms with E-state index in [9.17, 15) is 18.0 Å². The summed E-state index contributed by atoms with van der Waals surface area (Å²) in [6.07, 6.45) is -3.14. The number of likely N-dealkylation sites (tertiary alicyclic amines) is 1. The molecule has 1 unspecified atom stereocenters. The smallest absolute Gasteiger partial charge is 0.316 e. The fourth-order valence-electron chi connectivity index (χ4n) is 5.29. The van der Waals surface area contributed by atoms with Crippen molar-refractivity contribution in [1.29, 1.82) is 5.26 Å². The van der Waals surface area contributed by atoms with Gasteiger partial charge in [0.2, 0.25) is 11.5 Å². The van der Waals surface area contributed by atoms with E-state index in [0.717, 1.165) is 34.0 Å². The van der Waals surface area contributed by atoms with Crippen LogP contribution in [-0.2, 0) is 37.9 Å². The van der Waals surface area contributed by atoms with Gasteiger partial charge in [0.05, 0.1) is 24.1 Å². The lowest BCUT2D eigenvalue weighted by Crippen LogP contribution is -2.39. The van der Waals surface area contributed by atoms with Crippen molar-refractivity contribution in [3.8, 4) is 6.07 Å². The van der Waals surface area contributed by atoms with Crippen molar-refractivity contribution in [2.24, 2.45) is 13.0 Å². The molecule has 1 saturated heterocycles. The number of hydrogen-bond donors (Lipinski definition) is 0. The number of hydrogen-bond acceptors (Lipinski definition) is 5. The van der Waals surface area contributed by atoms with Gasteiger partial charge in [0.15, 0.2) is 0 Å². The number of amides is 1. The molecule has 5 rings (SSSR count). The summed E-state index contributed by atoms with van der Waals surface area (Å²) in [6, 6.07) is 9.33. The Morgan fingerprint density at radius 3 is 2.50 bits per heavy atom. The van der Waals surface area contributed by atoms with Crippen LogP contribution in [0.3, 0.4) is 0 Å². The number of nitrogens with zero attached hydrogens (tertiary/aromatic N) is 6. The monoisotopic (exact) mass is 562 g/mol. The molecule has 40 heavy (non-hydrogen) atoms. The summed E-state index contributed by atoms with van der Waals surface area (Å²) in [7, 11) is 1.24. The lowest BCUT2D eigenvalue weighted by Gasteiger charge is -2.30. The Balaban J connectivity index is 1.48. The Morgan fingerprint density at radius 1 is 1.12 bits per heavy atom. The molecule has 0 aliphatic carbocycles. The zero-order valence-electron chi connectivity index (χ0n) is 21.5. The Labute approximate surface area is 225 Å². The fraction of sp³-hybridized carbons (Fsp3) is 0.407. The van der Waals surface area contributed by atoms with Crippen LogP contribution >= 0.6 is 0 Å². The van der Waals surface area contributed by atoms with E-state index < -0.39 is 47.2 Å². The van der Waals surface area contributed by atoms with Crippen LogP contribution in [0.25, 0.3) is 0 Å². The Morgan fingerprint density at radius 2 is 1.88 bits per heavy atom. The zero-order valence-corrected chi connectivity index (χ0v) is 21.5. The van der Waals surface area contributed by atoms with E-state index in [1.165, 1.54) is 25.2 Å². The van der Waals surface area contributed by atoms with Crippen LogP contribution in [0.2, 0.25) is 0 Å². The number of aryl methyl sites for hydroxylation is 1. The zero-order chi connectivity index (χ0) is 29.0. The number of fused-ring (bicyclic) bond motifs is 1. The maximum atomic E-state index is 15.8. The minimum Gasteiger partial charge on any atom is -0.316 e. The maximum Gasteiger partial charge on any atom is 0.416 e. The molecule has 0 bridgehead atoms. The molecule has 0 N–H and O–H groups in total. The summed E-state index contributed by atoms with van der Waals surface area (Å²) in [5.74, 6) is -5.98. The van der Waals surface area contributed by atoms with E-state index >= 15 is 13.2 Å². The normalized spacial score (nSPS) is 19.5. The molecule has 2 aliphatic heterocycles. The quantitative estimate of drug-likeness (QED) is 0.381. The molecule has 0 saturated carbocycles. The van der Waals surface area contributed by atoms with Crippen LogP contribution in [0.1, 0.15) is 51.8 Å². The van der Waals surface area contributed by atoms with Crippen LogP contribution in [0.15, 0.2) is 42.7 Å². The molecular weight excluding hydrogens is 538 g/mol. The topological polar surface area (TPSA) is 78.1 Å². The van der Waals surface area contributed by atoms with Gasteiger partial charge in [0.1, 0.15) is 6.33 Å². The van der Waals surface area contributed by atoms with Crippen molar-refractivity contribution in [2.75, 3.05) is 18.0 Å². The molecule has 0 radical (unpaired) electrons. The van der Waals surface area contributed by atoms with E-state index in [2.05, 4.69) is 16.3 Å². The number of rotatable bonds is 6. The number of anilines is 1. The van der Waals surface area contributed by atoms with Crippen LogP contribution in [0.5, 0.6) is 0 Å². The second-order valence-corrected chi connectivity index (χ2v) is 10.3. The van der Waals surface area contributed by atoms with Gasteiger partial charge in [-0.1, -0.05) is 12.1 Å². The fourth-order valence-corrected chi connectivity index (χ4v) is 5.29. The number of carbonyl (C=O) groups is 1. The third-order valence-electron chi connectivity index (χ3n) is 7.55. The average molecular weight is 563 g/mol. The van der Waals surface area contributed by atoms with E-state index in [1.807, 2.05) is 4.90 Å². The third-order valence-corrected chi connectivity index (χ3v) is 7.55. The van der Waals surface area contributed by atoms with Crippen molar-refractivity contribution < 1.29 is 31.1 Å². The molecular formula is C27H24F6N6O. The van der Waals surface area contributed by atoms with E-state index in [0.29, 0.717) is 26.4 Å². The van der Waals surface area contributed by atoms with Crippen molar-refractivity contribution in [2.45, 2.75) is 44.2 Å². The lowest BCUT2D eigenvalue weighted by atomic mass is 9.90. The molecule has 7 nitrogen and oxygen atoms in total. The van der Waals surface area contributed by atoms with Gasteiger partial charge in [-0.3, -0.25) is 9.69 Å². The number of nitriles is 1.